The molecule has 0 spiro atoms. The molecule has 7 nitrogen and oxygen atoms in total. The quantitative estimate of drug-likeness (QED) is 0.344. The fourth-order valence-corrected chi connectivity index (χ4v) is 4.32. The van der Waals surface area contributed by atoms with E-state index in [-0.39, 0.29) is 36.4 Å². The molecule has 0 saturated carbocycles. The Hall–Kier alpha value is -2.01. The van der Waals surface area contributed by atoms with E-state index in [4.69, 9.17) is 9.47 Å². The zero-order valence-corrected chi connectivity index (χ0v) is 21.0. The van der Waals surface area contributed by atoms with Gasteiger partial charge in [-0.25, -0.2) is 0 Å². The van der Waals surface area contributed by atoms with Crippen molar-refractivity contribution >= 4 is 47.2 Å². The lowest BCUT2D eigenvalue weighted by atomic mass is 10.1. The molecule has 0 radical (unpaired) electrons. The molecule has 2 aromatic rings. The number of carbonyl (C=O) groups is 1. The lowest BCUT2D eigenvalue weighted by Crippen LogP contribution is -2.46. The van der Waals surface area contributed by atoms with Crippen molar-refractivity contribution in [2.24, 2.45) is 4.99 Å². The van der Waals surface area contributed by atoms with Crippen LogP contribution in [0.25, 0.3) is 0 Å². The van der Waals surface area contributed by atoms with Gasteiger partial charge in [-0.1, -0.05) is 0 Å². The van der Waals surface area contributed by atoms with Crippen LogP contribution in [0.5, 0.6) is 11.5 Å². The monoisotopic (exact) mass is 544 g/mol. The van der Waals surface area contributed by atoms with E-state index in [0.717, 1.165) is 30.0 Å². The lowest BCUT2D eigenvalue weighted by Gasteiger charge is -2.28. The molecule has 1 N–H and O–H groups in total. The minimum atomic E-state index is 0. The third-order valence-corrected chi connectivity index (χ3v) is 6.06. The molecular weight excluding hydrogens is 515 g/mol. The SMILES string of the molecule is CN=C(NCC(=O)N1CCc2sccc2C1)N(C)Cc1ccc(OC)cc1OC.I. The second-order valence-electron chi connectivity index (χ2n) is 6.87. The van der Waals surface area contributed by atoms with Gasteiger partial charge in [0.2, 0.25) is 5.91 Å². The molecule has 30 heavy (non-hydrogen) atoms. The van der Waals surface area contributed by atoms with Gasteiger partial charge in [0, 0.05) is 50.2 Å². The molecule has 2 heterocycles. The summed E-state index contributed by atoms with van der Waals surface area (Å²) in [6.45, 7) is 2.27. The Labute approximate surface area is 199 Å². The number of amides is 1. The number of guanidine groups is 1. The standard InChI is InChI=1S/C21H28N4O3S.HI/c1-22-21(24(2)13-15-5-6-17(27-3)11-18(15)28-4)23-12-20(26)25-9-7-19-16(14-25)8-10-29-19;/h5-6,8,10-11H,7,9,12-14H2,1-4H3,(H,22,23);1H. The summed E-state index contributed by atoms with van der Waals surface area (Å²) in [4.78, 5) is 22.2. The molecule has 0 fully saturated rings. The predicted molar refractivity (Wildman–Crippen MR) is 131 cm³/mol. The van der Waals surface area contributed by atoms with E-state index in [1.165, 1.54) is 10.4 Å². The number of nitrogens with one attached hydrogen (secondary N) is 1. The molecule has 9 heteroatoms. The highest BCUT2D eigenvalue weighted by atomic mass is 127. The average Bonchev–Trinajstić information content (AvgIpc) is 3.22. The summed E-state index contributed by atoms with van der Waals surface area (Å²) in [6, 6.07) is 7.85. The number of methoxy groups -OCH3 is 2. The van der Waals surface area contributed by atoms with E-state index < -0.39 is 0 Å². The van der Waals surface area contributed by atoms with Gasteiger partial charge in [0.25, 0.3) is 0 Å². The highest BCUT2D eigenvalue weighted by Crippen LogP contribution is 2.26. The fraction of sp³-hybridized carbons (Fsp3) is 0.429. The maximum Gasteiger partial charge on any atom is 0.242 e. The molecule has 0 unspecified atom stereocenters. The van der Waals surface area contributed by atoms with Gasteiger partial charge in [0.1, 0.15) is 11.5 Å². The summed E-state index contributed by atoms with van der Waals surface area (Å²) < 4.78 is 10.7. The molecule has 164 valence electrons. The second-order valence-corrected chi connectivity index (χ2v) is 7.87. The van der Waals surface area contributed by atoms with Crippen molar-refractivity contribution in [2.75, 3.05) is 41.4 Å². The third kappa shape index (κ3) is 5.78. The lowest BCUT2D eigenvalue weighted by molar-refractivity contribution is -0.130. The summed E-state index contributed by atoms with van der Waals surface area (Å²) in [5.41, 5.74) is 2.27. The van der Waals surface area contributed by atoms with Gasteiger partial charge in [0.15, 0.2) is 5.96 Å². The number of ether oxygens (including phenoxy) is 2. The van der Waals surface area contributed by atoms with Crippen LogP contribution in [0.3, 0.4) is 0 Å². The number of thiophene rings is 1. The van der Waals surface area contributed by atoms with Crippen LogP contribution in [0.1, 0.15) is 16.0 Å². The van der Waals surface area contributed by atoms with E-state index in [9.17, 15) is 4.79 Å². The molecule has 1 aromatic heterocycles. The van der Waals surface area contributed by atoms with Crippen LogP contribution in [0.4, 0.5) is 0 Å². The van der Waals surface area contributed by atoms with Gasteiger partial charge in [-0.15, -0.1) is 35.3 Å². The Morgan fingerprint density at radius 1 is 1.30 bits per heavy atom. The molecule has 1 aliphatic rings. The fourth-order valence-electron chi connectivity index (χ4n) is 3.43. The molecular formula is C21H29IN4O3S. The number of carbonyl (C=O) groups excluding carboxylic acids is 1. The Morgan fingerprint density at radius 3 is 2.80 bits per heavy atom. The number of nitrogens with zero attached hydrogens (tertiary/aromatic N) is 3. The highest BCUT2D eigenvalue weighted by Gasteiger charge is 2.22. The van der Waals surface area contributed by atoms with Gasteiger partial charge >= 0.3 is 0 Å². The Morgan fingerprint density at radius 2 is 2.10 bits per heavy atom. The summed E-state index contributed by atoms with van der Waals surface area (Å²) in [5, 5.41) is 5.28. The van der Waals surface area contributed by atoms with Gasteiger partial charge in [0.05, 0.1) is 20.8 Å². The second kappa shape index (κ2) is 11.4. The first-order valence-electron chi connectivity index (χ1n) is 9.51. The predicted octanol–water partition coefficient (Wildman–Crippen LogP) is 2.98. The van der Waals surface area contributed by atoms with Crippen molar-refractivity contribution in [1.29, 1.82) is 0 Å². The Bertz CT molecular complexity index is 887. The topological polar surface area (TPSA) is 66.4 Å². The van der Waals surface area contributed by atoms with E-state index in [0.29, 0.717) is 19.0 Å². The summed E-state index contributed by atoms with van der Waals surface area (Å²) in [7, 11) is 6.92. The number of hydrogen-bond acceptors (Lipinski definition) is 5. The van der Waals surface area contributed by atoms with Crippen molar-refractivity contribution in [3.8, 4) is 11.5 Å². The molecule has 0 aliphatic carbocycles. The van der Waals surface area contributed by atoms with Crippen LogP contribution in [0, 0.1) is 0 Å². The Kier molecular flexibility index (Phi) is 9.22. The summed E-state index contributed by atoms with van der Waals surface area (Å²) >= 11 is 1.77. The Balaban J connectivity index is 0.00000320. The summed E-state index contributed by atoms with van der Waals surface area (Å²) in [5.74, 6) is 2.24. The number of benzene rings is 1. The maximum absolute atomic E-state index is 12.7. The van der Waals surface area contributed by atoms with E-state index in [1.807, 2.05) is 35.0 Å². The van der Waals surface area contributed by atoms with Crippen molar-refractivity contribution < 1.29 is 14.3 Å². The first-order valence-corrected chi connectivity index (χ1v) is 10.4. The van der Waals surface area contributed by atoms with E-state index >= 15 is 0 Å². The molecule has 0 atom stereocenters. The van der Waals surface area contributed by atoms with Crippen LogP contribution in [0.15, 0.2) is 34.6 Å². The van der Waals surface area contributed by atoms with Crippen LogP contribution in [0.2, 0.25) is 0 Å². The van der Waals surface area contributed by atoms with Crippen LogP contribution in [-0.2, 0) is 24.3 Å². The molecule has 3 rings (SSSR count). The maximum atomic E-state index is 12.7. The number of halogens is 1. The first-order chi connectivity index (χ1) is 14.0. The largest absolute Gasteiger partial charge is 0.497 e. The first kappa shape index (κ1) is 24.3. The minimum Gasteiger partial charge on any atom is -0.497 e. The number of rotatable bonds is 6. The van der Waals surface area contributed by atoms with Gasteiger partial charge in [-0.3, -0.25) is 9.79 Å². The number of aliphatic imine (C=N–C) groups is 1. The number of hydrogen-bond donors (Lipinski definition) is 1. The van der Waals surface area contributed by atoms with E-state index in [1.54, 1.807) is 32.6 Å². The van der Waals surface area contributed by atoms with Crippen molar-refractivity contribution in [3.05, 3.63) is 45.6 Å². The van der Waals surface area contributed by atoms with E-state index in [2.05, 4.69) is 21.8 Å². The van der Waals surface area contributed by atoms with Gasteiger partial charge < -0.3 is 24.6 Å². The molecule has 0 saturated heterocycles. The van der Waals surface area contributed by atoms with Crippen molar-refractivity contribution in [3.63, 3.8) is 0 Å². The van der Waals surface area contributed by atoms with Crippen molar-refractivity contribution in [1.82, 2.24) is 15.1 Å². The minimum absolute atomic E-state index is 0. The van der Waals surface area contributed by atoms with Crippen LogP contribution in [-0.4, -0.2) is 63.1 Å². The zero-order valence-electron chi connectivity index (χ0n) is 17.8. The normalized spacial score (nSPS) is 13.2. The van der Waals surface area contributed by atoms with Gasteiger partial charge in [-0.05, 0) is 35.6 Å². The summed E-state index contributed by atoms with van der Waals surface area (Å²) in [6.07, 6.45) is 0.935. The van der Waals surface area contributed by atoms with Crippen molar-refractivity contribution in [2.45, 2.75) is 19.5 Å². The average molecular weight is 544 g/mol. The third-order valence-electron chi connectivity index (χ3n) is 5.03. The number of fused-ring (bicyclic) bond motifs is 1. The molecule has 1 aromatic carbocycles. The smallest absolute Gasteiger partial charge is 0.242 e. The van der Waals surface area contributed by atoms with Crippen LogP contribution < -0.4 is 14.8 Å². The molecule has 1 aliphatic heterocycles. The molecule has 0 bridgehead atoms. The highest BCUT2D eigenvalue weighted by molar-refractivity contribution is 14.0. The van der Waals surface area contributed by atoms with Gasteiger partial charge in [-0.2, -0.15) is 0 Å². The zero-order chi connectivity index (χ0) is 20.8. The molecule has 1 amide bonds. The van der Waals surface area contributed by atoms with Crippen LogP contribution >= 0.6 is 35.3 Å².